The number of halogens is 3. The quantitative estimate of drug-likeness (QED) is 0.555. The van der Waals surface area contributed by atoms with Crippen LogP contribution >= 0.6 is 0 Å². The minimum absolute atomic E-state index is 0.101. The summed E-state index contributed by atoms with van der Waals surface area (Å²) in [4.78, 5) is 20.5. The Morgan fingerprint density at radius 2 is 1.90 bits per heavy atom. The molecule has 1 aliphatic rings. The number of aromatic nitrogens is 2. The Balaban J connectivity index is 1.51. The van der Waals surface area contributed by atoms with E-state index in [-0.39, 0.29) is 23.7 Å². The molecule has 1 amide bonds. The minimum atomic E-state index is -4.88. The summed E-state index contributed by atoms with van der Waals surface area (Å²) >= 11 is 0. The maximum atomic E-state index is 13.4. The van der Waals surface area contributed by atoms with Gasteiger partial charge in [-0.1, -0.05) is 18.2 Å². The predicted octanol–water partition coefficient (Wildman–Crippen LogP) is 4.33. The smallest absolute Gasteiger partial charge is 0.431 e. The van der Waals surface area contributed by atoms with Crippen LogP contribution < -0.4 is 10.6 Å². The third kappa shape index (κ3) is 4.85. The van der Waals surface area contributed by atoms with Gasteiger partial charge in [-0.3, -0.25) is 4.79 Å². The highest BCUT2D eigenvalue weighted by Crippen LogP contribution is 2.35. The lowest BCUT2D eigenvalue weighted by Gasteiger charge is -2.13. The largest absolute Gasteiger partial charge is 0.452 e. The summed E-state index contributed by atoms with van der Waals surface area (Å²) in [5.74, 6) is -2.27. The van der Waals surface area contributed by atoms with Crippen molar-refractivity contribution in [3.8, 4) is 11.5 Å². The van der Waals surface area contributed by atoms with Gasteiger partial charge in [0.2, 0.25) is 11.7 Å². The Hall–Kier alpha value is -3.40. The average Bonchev–Trinajstić information content (AvgIpc) is 3.37. The number of carbonyl (C=O) groups is 1. The molecule has 7 nitrogen and oxygen atoms in total. The number of pyridine rings is 1. The lowest BCUT2D eigenvalue weighted by Crippen LogP contribution is -2.19. The molecule has 10 heteroatoms. The summed E-state index contributed by atoms with van der Waals surface area (Å²) in [5, 5.41) is 15.1. The number of aliphatic hydroxyl groups excluding tert-OH is 1. The van der Waals surface area contributed by atoms with Crippen LogP contribution in [-0.2, 0) is 6.18 Å². The highest BCUT2D eigenvalue weighted by Gasteiger charge is 2.42. The number of hydrogen-bond donors (Lipinski definition) is 3. The summed E-state index contributed by atoms with van der Waals surface area (Å²) < 4.78 is 45.1. The molecule has 1 fully saturated rings. The number of rotatable bonds is 5. The van der Waals surface area contributed by atoms with Gasteiger partial charge in [0, 0.05) is 11.6 Å². The summed E-state index contributed by atoms with van der Waals surface area (Å²) in [6, 6.07) is 11.2. The molecule has 0 bridgehead atoms. The minimum Gasteiger partial charge on any atom is -0.431 e. The molecule has 1 aliphatic carbocycles. The molecule has 2 aromatic heterocycles. The fourth-order valence-electron chi connectivity index (χ4n) is 3.41. The van der Waals surface area contributed by atoms with Crippen molar-refractivity contribution >= 4 is 17.4 Å². The first-order valence-electron chi connectivity index (χ1n) is 9.65. The van der Waals surface area contributed by atoms with E-state index in [9.17, 15) is 23.1 Å². The molecule has 3 N–H and O–H groups in total. The molecule has 0 unspecified atom stereocenters. The van der Waals surface area contributed by atoms with E-state index < -0.39 is 23.5 Å². The van der Waals surface area contributed by atoms with Gasteiger partial charge in [-0.25, -0.2) is 9.97 Å². The van der Waals surface area contributed by atoms with E-state index in [2.05, 4.69) is 20.6 Å². The van der Waals surface area contributed by atoms with Crippen molar-refractivity contribution in [2.75, 3.05) is 10.6 Å². The van der Waals surface area contributed by atoms with Crippen LogP contribution in [0.25, 0.3) is 11.5 Å². The number of hydrogen-bond acceptors (Lipinski definition) is 6. The molecule has 1 saturated carbocycles. The van der Waals surface area contributed by atoms with Gasteiger partial charge in [0.15, 0.2) is 5.69 Å². The zero-order valence-electron chi connectivity index (χ0n) is 16.2. The van der Waals surface area contributed by atoms with Crippen LogP contribution in [0.15, 0.2) is 53.1 Å². The van der Waals surface area contributed by atoms with E-state index in [0.29, 0.717) is 17.8 Å². The van der Waals surface area contributed by atoms with E-state index in [1.54, 1.807) is 24.3 Å². The number of benzene rings is 1. The van der Waals surface area contributed by atoms with Gasteiger partial charge in [-0.15, -0.1) is 0 Å². The molecule has 0 saturated heterocycles. The van der Waals surface area contributed by atoms with Crippen LogP contribution in [0.3, 0.4) is 0 Å². The van der Waals surface area contributed by atoms with Gasteiger partial charge in [0.05, 0.1) is 18.0 Å². The maximum absolute atomic E-state index is 13.4. The summed E-state index contributed by atoms with van der Waals surface area (Å²) in [6.45, 7) is 0. The number of carbonyl (C=O) groups excluding carboxylic acids is 1. The van der Waals surface area contributed by atoms with Crippen molar-refractivity contribution in [3.63, 3.8) is 0 Å². The SMILES string of the molecule is O=C(Nc1ccc(N[C@H]2CC[C@H](O)C2)nc1)c1nc(-c2ccccc2)oc1C(F)(F)F. The lowest BCUT2D eigenvalue weighted by atomic mass is 10.2. The monoisotopic (exact) mass is 432 g/mol. The number of nitrogens with zero attached hydrogens (tertiary/aromatic N) is 2. The summed E-state index contributed by atoms with van der Waals surface area (Å²) in [6.07, 6.45) is -1.73. The molecule has 2 heterocycles. The van der Waals surface area contributed by atoms with Crippen molar-refractivity contribution in [1.82, 2.24) is 9.97 Å². The van der Waals surface area contributed by atoms with Crippen LogP contribution in [0.4, 0.5) is 24.7 Å². The summed E-state index contributed by atoms with van der Waals surface area (Å²) in [7, 11) is 0. The molecular weight excluding hydrogens is 413 g/mol. The third-order valence-corrected chi connectivity index (χ3v) is 4.90. The first-order chi connectivity index (χ1) is 14.8. The highest BCUT2D eigenvalue weighted by molar-refractivity contribution is 6.04. The van der Waals surface area contributed by atoms with Crippen molar-refractivity contribution in [3.05, 3.63) is 60.1 Å². The Morgan fingerprint density at radius 1 is 1.13 bits per heavy atom. The van der Waals surface area contributed by atoms with E-state index in [0.717, 1.165) is 12.8 Å². The Labute approximate surface area is 175 Å². The second-order valence-corrected chi connectivity index (χ2v) is 7.25. The second kappa shape index (κ2) is 8.38. The summed E-state index contributed by atoms with van der Waals surface area (Å²) in [5.41, 5.74) is -0.325. The molecule has 3 aromatic rings. The van der Waals surface area contributed by atoms with Crippen LogP contribution in [0.5, 0.6) is 0 Å². The first-order valence-corrected chi connectivity index (χ1v) is 9.65. The van der Waals surface area contributed by atoms with E-state index in [4.69, 9.17) is 4.42 Å². The Morgan fingerprint density at radius 3 is 2.52 bits per heavy atom. The van der Waals surface area contributed by atoms with Gasteiger partial charge in [-0.2, -0.15) is 13.2 Å². The molecule has 31 heavy (non-hydrogen) atoms. The highest BCUT2D eigenvalue weighted by atomic mass is 19.4. The predicted molar refractivity (Wildman–Crippen MR) is 106 cm³/mol. The lowest BCUT2D eigenvalue weighted by molar-refractivity contribution is -0.153. The van der Waals surface area contributed by atoms with Crippen molar-refractivity contribution in [2.24, 2.45) is 0 Å². The zero-order chi connectivity index (χ0) is 22.0. The molecule has 162 valence electrons. The Bertz CT molecular complexity index is 1050. The van der Waals surface area contributed by atoms with Crippen molar-refractivity contribution in [1.29, 1.82) is 0 Å². The van der Waals surface area contributed by atoms with Crippen LogP contribution in [0.2, 0.25) is 0 Å². The number of alkyl halides is 3. The zero-order valence-corrected chi connectivity index (χ0v) is 16.2. The van der Waals surface area contributed by atoms with Crippen molar-refractivity contribution < 1.29 is 27.5 Å². The maximum Gasteiger partial charge on any atom is 0.452 e. The van der Waals surface area contributed by atoms with E-state index in [1.165, 1.54) is 24.4 Å². The number of aliphatic hydroxyl groups is 1. The van der Waals surface area contributed by atoms with Gasteiger partial charge < -0.3 is 20.2 Å². The third-order valence-electron chi connectivity index (χ3n) is 4.90. The van der Waals surface area contributed by atoms with E-state index in [1.807, 2.05) is 0 Å². The number of anilines is 2. The van der Waals surface area contributed by atoms with E-state index >= 15 is 0 Å². The number of amides is 1. The number of nitrogens with one attached hydrogen (secondary N) is 2. The first kappa shape index (κ1) is 20.9. The molecule has 2 atom stereocenters. The average molecular weight is 432 g/mol. The fourth-order valence-corrected chi connectivity index (χ4v) is 3.41. The normalized spacial score (nSPS) is 18.7. The topological polar surface area (TPSA) is 100 Å². The van der Waals surface area contributed by atoms with Crippen LogP contribution in [-0.4, -0.2) is 33.1 Å². The number of oxazole rings is 1. The van der Waals surface area contributed by atoms with Crippen LogP contribution in [0.1, 0.15) is 35.5 Å². The van der Waals surface area contributed by atoms with Gasteiger partial charge in [0.1, 0.15) is 5.82 Å². The second-order valence-electron chi connectivity index (χ2n) is 7.25. The standard InChI is InChI=1S/C21H19F3N4O3/c22-21(23,24)18-17(28-20(31-18)12-4-2-1-3-5-12)19(30)27-14-7-9-16(25-11-14)26-13-6-8-15(29)10-13/h1-5,7,9,11,13,15,29H,6,8,10H2,(H,25,26)(H,27,30)/t13-,15-/m0/s1. The van der Waals surface area contributed by atoms with Gasteiger partial charge in [0.25, 0.3) is 5.91 Å². The van der Waals surface area contributed by atoms with Crippen molar-refractivity contribution in [2.45, 2.75) is 37.6 Å². The van der Waals surface area contributed by atoms with Gasteiger partial charge in [-0.05, 0) is 43.5 Å². The Kier molecular flexibility index (Phi) is 5.64. The molecular formula is C21H19F3N4O3. The molecule has 0 spiro atoms. The fraction of sp³-hybridized carbons (Fsp3) is 0.286. The van der Waals surface area contributed by atoms with Gasteiger partial charge >= 0.3 is 6.18 Å². The molecule has 0 radical (unpaired) electrons. The van der Waals surface area contributed by atoms with Crippen LogP contribution in [0, 0.1) is 0 Å². The molecule has 0 aliphatic heterocycles. The molecule has 1 aromatic carbocycles. The molecule has 4 rings (SSSR count).